The molecule has 0 aliphatic rings. The zero-order chi connectivity index (χ0) is 36.0. The van der Waals surface area contributed by atoms with Crippen LogP contribution in [0.4, 0.5) is 0 Å². The molecule has 0 atom stereocenters. The Kier molecular flexibility index (Phi) is 24.5. The smallest absolute Gasteiger partial charge is 0.200 e. The molecule has 0 aliphatic carbocycles. The number of thiol groups is 1. The minimum atomic E-state index is -0.00977. The summed E-state index contributed by atoms with van der Waals surface area (Å²) < 4.78 is 5.37. The van der Waals surface area contributed by atoms with Crippen molar-refractivity contribution in [2.75, 3.05) is 37.1 Å². The summed E-state index contributed by atoms with van der Waals surface area (Å²) in [4.78, 5) is 33.8. The van der Waals surface area contributed by atoms with Gasteiger partial charge in [0, 0.05) is 28.2 Å². The molecular weight excluding hydrogens is 657 g/mol. The number of hydrogen-bond donors (Lipinski definition) is 4. The molecule has 258 valence electrons. The Hall–Kier alpha value is -4.67. The van der Waals surface area contributed by atoms with E-state index in [2.05, 4.69) is 12.6 Å². The van der Waals surface area contributed by atoms with Crippen LogP contribution in [-0.4, -0.2) is 69.7 Å². The maximum absolute atomic E-state index is 11.7. The number of rotatable bonds is 11. The molecule has 5 aromatic carbocycles. The molecule has 5 rings (SSSR count). The number of carbonyl (C=O) groups excluding carboxylic acids is 3. The van der Waals surface area contributed by atoms with Gasteiger partial charge in [-0.2, -0.15) is 24.4 Å². The maximum Gasteiger partial charge on any atom is 0.200 e. The first kappa shape index (κ1) is 42.4. The van der Waals surface area contributed by atoms with Gasteiger partial charge in [0.05, 0.1) is 19.0 Å². The van der Waals surface area contributed by atoms with Crippen LogP contribution in [0.1, 0.15) is 38.0 Å². The topological polar surface area (TPSA) is 121 Å². The molecule has 0 aliphatic heterocycles. The monoisotopic (exact) mass is 700 g/mol. The van der Waals surface area contributed by atoms with Crippen LogP contribution in [-0.2, 0) is 0 Å². The highest BCUT2D eigenvalue weighted by Crippen LogP contribution is 2.10. The number of aliphatic hydroxyl groups is 2. The summed E-state index contributed by atoms with van der Waals surface area (Å²) in [6.07, 6.45) is 0. The number of hydrogen-bond acceptors (Lipinski definition) is 9. The van der Waals surface area contributed by atoms with E-state index in [9.17, 15) is 14.4 Å². The van der Waals surface area contributed by atoms with E-state index in [0.717, 1.165) is 11.1 Å². The number of benzene rings is 5. The number of ketones is 3. The van der Waals surface area contributed by atoms with Gasteiger partial charge in [-0.1, -0.05) is 127 Å². The summed E-state index contributed by atoms with van der Waals surface area (Å²) >= 11 is 5.13. The molecule has 9 heteroatoms. The van der Waals surface area contributed by atoms with Gasteiger partial charge in [-0.3, -0.25) is 14.4 Å². The summed E-state index contributed by atoms with van der Waals surface area (Å²) in [6, 6.07) is 45.6. The van der Waals surface area contributed by atoms with Crippen LogP contribution in [0.3, 0.4) is 0 Å². The lowest BCUT2D eigenvalue weighted by molar-refractivity contribution is 0.0920. The Bertz CT molecular complexity index is 1540. The standard InChI is InChI=1S/C14H12O2.C10H12O2S.C8H8O.C6H6O.C2H6OS/c15-14(12-7-3-1-4-8-12)11-16-13-9-5-2-6-10-13;11-6-7-13-8-10(12)9-4-2-1-3-5-9;1-7(9)8-5-3-2-4-6-8;7-6-4-2-1-3-5-6;3-1-2-4/h1-10H,11H2;1-5,11H,6-8H2;2-6H,1H3;1-5,7H;3-4H,1-2H2. The average molecular weight is 701 g/mol. The summed E-state index contributed by atoms with van der Waals surface area (Å²) in [6.45, 7) is 1.96. The molecule has 49 heavy (non-hydrogen) atoms. The van der Waals surface area contributed by atoms with E-state index in [1.165, 1.54) is 11.8 Å². The minimum Gasteiger partial charge on any atom is -0.508 e. The van der Waals surface area contributed by atoms with Crippen molar-refractivity contribution in [3.8, 4) is 11.5 Å². The highest BCUT2D eigenvalue weighted by Gasteiger charge is 2.05. The van der Waals surface area contributed by atoms with Gasteiger partial charge >= 0.3 is 0 Å². The average Bonchev–Trinajstić information content (AvgIpc) is 3.16. The van der Waals surface area contributed by atoms with Gasteiger partial charge < -0.3 is 20.1 Å². The number of thioether (sulfide) groups is 1. The number of aliphatic hydroxyl groups excluding tert-OH is 2. The van der Waals surface area contributed by atoms with Crippen LogP contribution in [0.15, 0.2) is 152 Å². The number of para-hydroxylation sites is 2. The number of phenols is 1. The van der Waals surface area contributed by atoms with E-state index in [4.69, 9.17) is 20.1 Å². The van der Waals surface area contributed by atoms with Crippen LogP contribution in [0.5, 0.6) is 11.5 Å². The highest BCUT2D eigenvalue weighted by molar-refractivity contribution is 8.00. The van der Waals surface area contributed by atoms with Crippen molar-refractivity contribution in [1.29, 1.82) is 0 Å². The lowest BCUT2D eigenvalue weighted by atomic mass is 10.1. The lowest BCUT2D eigenvalue weighted by Gasteiger charge is -2.04. The molecule has 5 aromatic rings. The normalized spacial score (nSPS) is 9.31. The molecule has 0 saturated heterocycles. The van der Waals surface area contributed by atoms with Crippen molar-refractivity contribution in [3.63, 3.8) is 0 Å². The Morgan fingerprint density at radius 3 is 1.33 bits per heavy atom. The third-order valence-electron chi connectivity index (χ3n) is 5.81. The minimum absolute atomic E-state index is 0.00977. The van der Waals surface area contributed by atoms with E-state index < -0.39 is 0 Å². The van der Waals surface area contributed by atoms with Crippen molar-refractivity contribution < 1.29 is 34.4 Å². The molecule has 0 unspecified atom stereocenters. The second-order valence-electron chi connectivity index (χ2n) is 9.66. The third kappa shape index (κ3) is 21.8. The zero-order valence-corrected chi connectivity index (χ0v) is 29.2. The fourth-order valence-electron chi connectivity index (χ4n) is 3.41. The Balaban J connectivity index is 0.000000327. The van der Waals surface area contributed by atoms with Gasteiger partial charge in [0.2, 0.25) is 0 Å². The third-order valence-corrected chi connectivity index (χ3v) is 6.95. The SMILES string of the molecule is CC(=O)c1ccccc1.O=C(COc1ccccc1)c1ccccc1.O=C(CSCCO)c1ccccc1.OCCS.Oc1ccccc1. The van der Waals surface area contributed by atoms with Crippen molar-refractivity contribution >= 4 is 41.7 Å². The van der Waals surface area contributed by atoms with Crippen LogP contribution in [0, 0.1) is 0 Å². The first-order valence-corrected chi connectivity index (χ1v) is 17.2. The molecule has 3 N–H and O–H groups in total. The van der Waals surface area contributed by atoms with Crippen molar-refractivity contribution in [2.45, 2.75) is 6.92 Å². The van der Waals surface area contributed by atoms with Gasteiger partial charge in [0.15, 0.2) is 24.0 Å². The largest absolute Gasteiger partial charge is 0.508 e. The lowest BCUT2D eigenvalue weighted by Crippen LogP contribution is -2.11. The number of ether oxygens (including phenoxy) is 1. The van der Waals surface area contributed by atoms with Gasteiger partial charge in [-0.25, -0.2) is 0 Å². The number of Topliss-reactive ketones (excluding diaryl/α,β-unsaturated/α-hetero) is 3. The molecule has 7 nitrogen and oxygen atoms in total. The summed E-state index contributed by atoms with van der Waals surface area (Å²) in [5.74, 6) is 2.91. The van der Waals surface area contributed by atoms with E-state index in [1.807, 2.05) is 115 Å². The van der Waals surface area contributed by atoms with Gasteiger partial charge in [0.25, 0.3) is 0 Å². The second-order valence-corrected chi connectivity index (χ2v) is 11.2. The number of carbonyl (C=O) groups is 3. The molecular formula is C40H44O7S2. The van der Waals surface area contributed by atoms with Crippen LogP contribution in [0.2, 0.25) is 0 Å². The van der Waals surface area contributed by atoms with Crippen LogP contribution < -0.4 is 4.74 Å². The molecule has 0 amide bonds. The van der Waals surface area contributed by atoms with Crippen LogP contribution >= 0.6 is 24.4 Å². The quantitative estimate of drug-likeness (QED) is 0.0628. The summed E-state index contributed by atoms with van der Waals surface area (Å²) in [5, 5.41) is 24.9. The Morgan fingerprint density at radius 1 is 0.592 bits per heavy atom. The fraction of sp³-hybridized carbons (Fsp3) is 0.175. The van der Waals surface area contributed by atoms with E-state index in [-0.39, 0.29) is 37.2 Å². The summed E-state index contributed by atoms with van der Waals surface area (Å²) in [5.41, 5.74) is 2.20. The van der Waals surface area contributed by atoms with Gasteiger partial charge in [-0.15, -0.1) is 0 Å². The molecule has 0 spiro atoms. The van der Waals surface area contributed by atoms with E-state index in [1.54, 1.807) is 43.3 Å². The van der Waals surface area contributed by atoms with Crippen LogP contribution in [0.25, 0.3) is 0 Å². The van der Waals surface area contributed by atoms with E-state index in [0.29, 0.717) is 34.3 Å². The van der Waals surface area contributed by atoms with Crippen molar-refractivity contribution in [1.82, 2.24) is 0 Å². The first-order valence-electron chi connectivity index (χ1n) is 15.4. The molecule has 0 bridgehead atoms. The molecule has 0 fully saturated rings. The highest BCUT2D eigenvalue weighted by atomic mass is 32.2. The molecule has 0 aromatic heterocycles. The predicted molar refractivity (Wildman–Crippen MR) is 203 cm³/mol. The molecule has 0 radical (unpaired) electrons. The first-order chi connectivity index (χ1) is 23.8. The fourth-order valence-corrected chi connectivity index (χ4v) is 4.04. The van der Waals surface area contributed by atoms with E-state index >= 15 is 0 Å². The predicted octanol–water partition coefficient (Wildman–Crippen LogP) is 7.73. The number of phenolic OH excluding ortho intramolecular Hbond substituents is 1. The number of aromatic hydroxyl groups is 1. The Morgan fingerprint density at radius 2 is 0.980 bits per heavy atom. The van der Waals surface area contributed by atoms with Gasteiger partial charge in [0.1, 0.15) is 11.5 Å². The molecule has 0 heterocycles. The Labute approximate surface area is 299 Å². The second kappa shape index (κ2) is 28.4. The van der Waals surface area contributed by atoms with Crippen molar-refractivity contribution in [2.24, 2.45) is 0 Å². The summed E-state index contributed by atoms with van der Waals surface area (Å²) in [7, 11) is 0. The maximum atomic E-state index is 11.7. The van der Waals surface area contributed by atoms with Gasteiger partial charge in [-0.05, 0) is 31.2 Å². The van der Waals surface area contributed by atoms with Crippen molar-refractivity contribution in [3.05, 3.63) is 168 Å². The zero-order valence-electron chi connectivity index (χ0n) is 27.5. The molecule has 0 saturated carbocycles.